The molecule has 0 fully saturated rings. The molecule has 0 atom stereocenters. The lowest BCUT2D eigenvalue weighted by atomic mass is 10.2. The minimum Gasteiger partial charge on any atom is -0.339 e. The number of aryl methyl sites for hydroxylation is 2. The van der Waals surface area contributed by atoms with E-state index in [0.717, 1.165) is 22.5 Å². The fourth-order valence-corrected chi connectivity index (χ4v) is 2.29. The summed E-state index contributed by atoms with van der Waals surface area (Å²) in [4.78, 5) is 12.2. The third-order valence-corrected chi connectivity index (χ3v) is 3.58. The van der Waals surface area contributed by atoms with Gasteiger partial charge in [-0.15, -0.1) is 10.2 Å². The van der Waals surface area contributed by atoms with Crippen LogP contribution in [0.1, 0.15) is 21.6 Å². The third-order valence-electron chi connectivity index (χ3n) is 3.58. The summed E-state index contributed by atoms with van der Waals surface area (Å²) in [5.74, 6) is 0.312. The second kappa shape index (κ2) is 6.91. The number of para-hydroxylation sites is 1. The zero-order valence-electron chi connectivity index (χ0n) is 13.6. The highest BCUT2D eigenvalue weighted by Crippen LogP contribution is 2.18. The van der Waals surface area contributed by atoms with E-state index < -0.39 is 0 Å². The zero-order valence-corrected chi connectivity index (χ0v) is 13.6. The second-order valence-electron chi connectivity index (χ2n) is 5.57. The summed E-state index contributed by atoms with van der Waals surface area (Å²) in [6.45, 7) is 3.99. The second-order valence-corrected chi connectivity index (χ2v) is 5.57. The molecule has 120 valence electrons. The van der Waals surface area contributed by atoms with Gasteiger partial charge in [0.05, 0.1) is 0 Å². The van der Waals surface area contributed by atoms with Crippen LogP contribution in [0.2, 0.25) is 0 Å². The molecule has 0 aliphatic carbocycles. The smallest absolute Gasteiger partial charge is 0.276 e. The Morgan fingerprint density at radius 2 is 1.75 bits per heavy atom. The number of nitrogens with zero attached hydrogens (tertiary/aromatic N) is 2. The maximum atomic E-state index is 12.2. The maximum absolute atomic E-state index is 12.2. The van der Waals surface area contributed by atoms with Gasteiger partial charge in [-0.2, -0.15) is 0 Å². The molecule has 5 heteroatoms. The molecule has 0 radical (unpaired) electrons. The maximum Gasteiger partial charge on any atom is 0.276 e. The van der Waals surface area contributed by atoms with Gasteiger partial charge in [-0.05, 0) is 55.3 Å². The molecule has 1 aromatic heterocycles. The summed E-state index contributed by atoms with van der Waals surface area (Å²) in [5, 5.41) is 14.1. The van der Waals surface area contributed by atoms with Gasteiger partial charge in [0.25, 0.3) is 5.91 Å². The molecule has 3 rings (SSSR count). The van der Waals surface area contributed by atoms with Gasteiger partial charge in [0.15, 0.2) is 11.5 Å². The van der Waals surface area contributed by atoms with Gasteiger partial charge in [-0.3, -0.25) is 4.79 Å². The average molecular weight is 318 g/mol. The summed E-state index contributed by atoms with van der Waals surface area (Å²) in [5.41, 5.74) is 4.16. The molecule has 0 unspecified atom stereocenters. The number of amides is 1. The van der Waals surface area contributed by atoms with E-state index in [2.05, 4.69) is 20.8 Å². The Hall–Kier alpha value is -3.21. The van der Waals surface area contributed by atoms with E-state index in [4.69, 9.17) is 0 Å². The number of anilines is 3. The monoisotopic (exact) mass is 318 g/mol. The molecule has 2 N–H and O–H groups in total. The van der Waals surface area contributed by atoms with E-state index >= 15 is 0 Å². The van der Waals surface area contributed by atoms with Crippen molar-refractivity contribution in [2.75, 3.05) is 10.6 Å². The number of carbonyl (C=O) groups excluding carboxylic acids is 1. The number of benzene rings is 2. The Balaban J connectivity index is 1.70. The van der Waals surface area contributed by atoms with Gasteiger partial charge in [-0.25, -0.2) is 0 Å². The van der Waals surface area contributed by atoms with Gasteiger partial charge in [-0.1, -0.05) is 30.3 Å². The fourth-order valence-electron chi connectivity index (χ4n) is 2.29. The predicted molar refractivity (Wildman–Crippen MR) is 95.6 cm³/mol. The van der Waals surface area contributed by atoms with Crippen LogP contribution < -0.4 is 10.6 Å². The molecule has 1 amide bonds. The molecular formula is C19H18N4O. The quantitative estimate of drug-likeness (QED) is 0.760. The minimum absolute atomic E-state index is 0.270. The largest absolute Gasteiger partial charge is 0.339 e. The minimum atomic E-state index is -0.282. The molecule has 0 spiro atoms. The summed E-state index contributed by atoms with van der Waals surface area (Å²) in [6, 6.07) is 18.9. The van der Waals surface area contributed by atoms with Crippen molar-refractivity contribution in [1.82, 2.24) is 10.2 Å². The van der Waals surface area contributed by atoms with Gasteiger partial charge in [0.1, 0.15) is 0 Å². The van der Waals surface area contributed by atoms with Crippen molar-refractivity contribution < 1.29 is 4.79 Å². The molecular weight excluding hydrogens is 300 g/mol. The van der Waals surface area contributed by atoms with Crippen molar-refractivity contribution in [2.24, 2.45) is 0 Å². The number of hydrogen-bond acceptors (Lipinski definition) is 4. The Kier molecular flexibility index (Phi) is 4.52. The SMILES string of the molecule is Cc1cccc(NC(=O)c2ccc(Nc3ccccc3C)nn2)c1. The van der Waals surface area contributed by atoms with Crippen LogP contribution in [0.15, 0.2) is 60.7 Å². The molecule has 0 aliphatic rings. The standard InChI is InChI=1S/C19H18N4O/c1-13-6-5-8-15(12-13)20-19(24)17-10-11-18(23-22-17)21-16-9-4-3-7-14(16)2/h3-12H,1-2H3,(H,20,24)(H,21,23). The predicted octanol–water partition coefficient (Wildman–Crippen LogP) is 4.09. The van der Waals surface area contributed by atoms with E-state index in [1.54, 1.807) is 12.1 Å². The van der Waals surface area contributed by atoms with Gasteiger partial charge >= 0.3 is 0 Å². The van der Waals surface area contributed by atoms with Crippen LogP contribution >= 0.6 is 0 Å². The number of hydrogen-bond donors (Lipinski definition) is 2. The third kappa shape index (κ3) is 3.76. The summed E-state index contributed by atoms with van der Waals surface area (Å²) in [6.07, 6.45) is 0. The first-order valence-electron chi connectivity index (χ1n) is 7.66. The first-order chi connectivity index (χ1) is 11.6. The molecule has 3 aromatic rings. The summed E-state index contributed by atoms with van der Waals surface area (Å²) < 4.78 is 0. The van der Waals surface area contributed by atoms with Crippen LogP contribution in [-0.2, 0) is 0 Å². The first-order valence-corrected chi connectivity index (χ1v) is 7.66. The number of aromatic nitrogens is 2. The molecule has 0 saturated heterocycles. The Morgan fingerprint density at radius 1 is 0.917 bits per heavy atom. The van der Waals surface area contributed by atoms with E-state index in [-0.39, 0.29) is 11.6 Å². The number of rotatable bonds is 4. The van der Waals surface area contributed by atoms with E-state index in [0.29, 0.717) is 5.82 Å². The van der Waals surface area contributed by atoms with Gasteiger partial charge in [0.2, 0.25) is 0 Å². The molecule has 2 aromatic carbocycles. The Morgan fingerprint density at radius 3 is 2.46 bits per heavy atom. The first kappa shape index (κ1) is 15.7. The van der Waals surface area contributed by atoms with Gasteiger partial charge < -0.3 is 10.6 Å². The van der Waals surface area contributed by atoms with Crippen LogP contribution in [0, 0.1) is 13.8 Å². The normalized spacial score (nSPS) is 10.2. The Labute approximate surface area is 140 Å². The topological polar surface area (TPSA) is 66.9 Å². The summed E-state index contributed by atoms with van der Waals surface area (Å²) in [7, 11) is 0. The van der Waals surface area contributed by atoms with Crippen LogP contribution in [0.4, 0.5) is 17.2 Å². The highest BCUT2D eigenvalue weighted by molar-refractivity contribution is 6.02. The Bertz CT molecular complexity index is 859. The molecule has 0 saturated carbocycles. The zero-order chi connectivity index (χ0) is 16.9. The van der Waals surface area contributed by atoms with Crippen LogP contribution in [0.25, 0.3) is 0 Å². The molecule has 24 heavy (non-hydrogen) atoms. The van der Waals surface area contributed by atoms with Crippen LogP contribution in [-0.4, -0.2) is 16.1 Å². The number of carbonyl (C=O) groups is 1. The van der Waals surface area contributed by atoms with Crippen LogP contribution in [0.3, 0.4) is 0 Å². The van der Waals surface area contributed by atoms with Crippen molar-refractivity contribution in [1.29, 1.82) is 0 Å². The summed E-state index contributed by atoms with van der Waals surface area (Å²) >= 11 is 0. The van der Waals surface area contributed by atoms with Crippen molar-refractivity contribution in [3.63, 3.8) is 0 Å². The fraction of sp³-hybridized carbons (Fsp3) is 0.105. The average Bonchev–Trinajstić information content (AvgIpc) is 2.57. The lowest BCUT2D eigenvalue weighted by molar-refractivity contribution is 0.102. The van der Waals surface area contributed by atoms with Crippen molar-refractivity contribution in [3.8, 4) is 0 Å². The molecule has 5 nitrogen and oxygen atoms in total. The molecule has 0 aliphatic heterocycles. The van der Waals surface area contributed by atoms with Crippen molar-refractivity contribution >= 4 is 23.1 Å². The molecule has 1 heterocycles. The van der Waals surface area contributed by atoms with Gasteiger partial charge in [0, 0.05) is 11.4 Å². The highest BCUT2D eigenvalue weighted by Gasteiger charge is 2.09. The number of nitrogens with one attached hydrogen (secondary N) is 2. The lowest BCUT2D eigenvalue weighted by Crippen LogP contribution is -2.14. The van der Waals surface area contributed by atoms with Crippen molar-refractivity contribution in [2.45, 2.75) is 13.8 Å². The van der Waals surface area contributed by atoms with E-state index in [1.165, 1.54) is 0 Å². The van der Waals surface area contributed by atoms with Crippen molar-refractivity contribution in [3.05, 3.63) is 77.5 Å². The van der Waals surface area contributed by atoms with E-state index in [9.17, 15) is 4.79 Å². The van der Waals surface area contributed by atoms with Crippen LogP contribution in [0.5, 0.6) is 0 Å². The highest BCUT2D eigenvalue weighted by atomic mass is 16.1. The lowest BCUT2D eigenvalue weighted by Gasteiger charge is -2.08. The van der Waals surface area contributed by atoms with E-state index in [1.807, 2.05) is 62.4 Å². The molecule has 0 bridgehead atoms.